The number of ether oxygens (including phenoxy) is 1. The number of hydrogen-bond acceptors (Lipinski definition) is 3. The lowest BCUT2D eigenvalue weighted by Gasteiger charge is -2.26. The predicted molar refractivity (Wildman–Crippen MR) is 63.8 cm³/mol. The topological polar surface area (TPSA) is 49.8 Å². The molecule has 90 valence electrons. The first-order valence-corrected chi connectivity index (χ1v) is 5.59. The fraction of sp³-hybridized carbons (Fsp3) is 0.308. The molecular formula is C13H15NO3. The van der Waals surface area contributed by atoms with Gasteiger partial charge in [-0.3, -0.25) is 0 Å². The number of nitrogens with zero attached hydrogens (tertiary/aromatic N) is 1. The van der Waals surface area contributed by atoms with Crippen LogP contribution in [-0.2, 0) is 0 Å². The Balaban J connectivity index is 1.95. The van der Waals surface area contributed by atoms with E-state index in [0.29, 0.717) is 18.8 Å². The minimum Gasteiger partial charge on any atom is -0.410 e. The number of para-hydroxylation sites is 1. The third-order valence-corrected chi connectivity index (χ3v) is 2.63. The highest BCUT2D eigenvalue weighted by Crippen LogP contribution is 2.13. The number of carbonyl (C=O) groups is 1. The van der Waals surface area contributed by atoms with Crippen LogP contribution in [-0.4, -0.2) is 35.8 Å². The maximum atomic E-state index is 11.8. The summed E-state index contributed by atoms with van der Waals surface area (Å²) in [5, 5.41) is 9.05. The van der Waals surface area contributed by atoms with E-state index in [9.17, 15) is 4.79 Å². The van der Waals surface area contributed by atoms with Crippen molar-refractivity contribution in [3.05, 3.63) is 42.5 Å². The molecule has 1 atom stereocenters. The maximum Gasteiger partial charge on any atom is 0.415 e. The second-order valence-corrected chi connectivity index (χ2v) is 3.96. The standard InChI is InChI=1S/C13H15NO3/c15-10-11-5-4-8-14(9-11)13(16)17-12-6-2-1-3-7-12/h1-7,11,15H,8-10H2. The molecule has 1 N–H and O–H groups in total. The van der Waals surface area contributed by atoms with Gasteiger partial charge in [0.2, 0.25) is 0 Å². The molecule has 1 heterocycles. The van der Waals surface area contributed by atoms with E-state index in [-0.39, 0.29) is 18.6 Å². The summed E-state index contributed by atoms with van der Waals surface area (Å²) in [5.74, 6) is 0.541. The molecule has 0 fully saturated rings. The monoisotopic (exact) mass is 233 g/mol. The van der Waals surface area contributed by atoms with Gasteiger partial charge in [-0.2, -0.15) is 0 Å². The van der Waals surface area contributed by atoms with E-state index in [0.717, 1.165) is 0 Å². The molecule has 0 radical (unpaired) electrons. The van der Waals surface area contributed by atoms with Gasteiger partial charge in [-0.25, -0.2) is 4.79 Å². The second-order valence-electron chi connectivity index (χ2n) is 3.96. The first kappa shape index (κ1) is 11.7. The average Bonchev–Trinajstić information content (AvgIpc) is 2.40. The maximum absolute atomic E-state index is 11.8. The Kier molecular flexibility index (Phi) is 3.77. The van der Waals surface area contributed by atoms with E-state index in [1.54, 1.807) is 17.0 Å². The van der Waals surface area contributed by atoms with Gasteiger partial charge in [0, 0.05) is 19.0 Å². The van der Waals surface area contributed by atoms with Gasteiger partial charge in [0.05, 0.1) is 6.61 Å². The van der Waals surface area contributed by atoms with Crippen molar-refractivity contribution in [1.82, 2.24) is 4.90 Å². The van der Waals surface area contributed by atoms with Gasteiger partial charge < -0.3 is 14.7 Å². The summed E-state index contributed by atoms with van der Waals surface area (Å²) < 4.78 is 5.22. The Labute approximate surface area is 100 Å². The largest absolute Gasteiger partial charge is 0.415 e. The number of hydrogen-bond donors (Lipinski definition) is 1. The fourth-order valence-corrected chi connectivity index (χ4v) is 1.72. The summed E-state index contributed by atoms with van der Waals surface area (Å²) in [6, 6.07) is 8.97. The van der Waals surface area contributed by atoms with Crippen molar-refractivity contribution in [2.24, 2.45) is 5.92 Å². The van der Waals surface area contributed by atoms with Crippen molar-refractivity contribution < 1.29 is 14.6 Å². The first-order valence-electron chi connectivity index (χ1n) is 5.59. The van der Waals surface area contributed by atoms with Crippen LogP contribution in [0, 0.1) is 5.92 Å². The number of benzene rings is 1. The van der Waals surface area contributed by atoms with Crippen LogP contribution in [0.15, 0.2) is 42.5 Å². The zero-order chi connectivity index (χ0) is 12.1. The van der Waals surface area contributed by atoms with Crippen LogP contribution in [0.3, 0.4) is 0 Å². The lowest BCUT2D eigenvalue weighted by atomic mass is 10.1. The van der Waals surface area contributed by atoms with E-state index in [1.807, 2.05) is 30.4 Å². The summed E-state index contributed by atoms with van der Waals surface area (Å²) >= 11 is 0. The third kappa shape index (κ3) is 3.07. The van der Waals surface area contributed by atoms with E-state index >= 15 is 0 Å². The zero-order valence-corrected chi connectivity index (χ0v) is 9.45. The van der Waals surface area contributed by atoms with Gasteiger partial charge >= 0.3 is 6.09 Å². The molecule has 0 aromatic heterocycles. The fourth-order valence-electron chi connectivity index (χ4n) is 1.72. The van der Waals surface area contributed by atoms with Crippen molar-refractivity contribution >= 4 is 6.09 Å². The highest BCUT2D eigenvalue weighted by atomic mass is 16.6. The number of aliphatic hydroxyl groups is 1. The Bertz CT molecular complexity index is 402. The molecule has 1 unspecified atom stereocenters. The van der Waals surface area contributed by atoms with Gasteiger partial charge in [0.15, 0.2) is 0 Å². The summed E-state index contributed by atoms with van der Waals surface area (Å²) in [7, 11) is 0. The van der Waals surface area contributed by atoms with Crippen molar-refractivity contribution in [1.29, 1.82) is 0 Å². The molecule has 1 aromatic carbocycles. The molecule has 1 aliphatic heterocycles. The minimum atomic E-state index is -0.376. The molecule has 1 aliphatic rings. The number of amides is 1. The quantitative estimate of drug-likeness (QED) is 0.790. The lowest BCUT2D eigenvalue weighted by molar-refractivity contribution is 0.139. The van der Waals surface area contributed by atoms with Crippen LogP contribution >= 0.6 is 0 Å². The van der Waals surface area contributed by atoms with Crippen molar-refractivity contribution in [3.8, 4) is 5.75 Å². The molecule has 2 rings (SSSR count). The van der Waals surface area contributed by atoms with Crippen LogP contribution in [0.25, 0.3) is 0 Å². The molecule has 17 heavy (non-hydrogen) atoms. The highest BCUT2D eigenvalue weighted by molar-refractivity contribution is 5.71. The molecule has 4 nitrogen and oxygen atoms in total. The predicted octanol–water partition coefficient (Wildman–Crippen LogP) is 1.67. The van der Waals surface area contributed by atoms with E-state index in [1.165, 1.54) is 0 Å². The van der Waals surface area contributed by atoms with E-state index in [4.69, 9.17) is 9.84 Å². The molecule has 0 aliphatic carbocycles. The van der Waals surface area contributed by atoms with Crippen LogP contribution in [0.2, 0.25) is 0 Å². The summed E-state index contributed by atoms with van der Waals surface area (Å²) in [6.07, 6.45) is 3.42. The third-order valence-electron chi connectivity index (χ3n) is 2.63. The molecule has 0 bridgehead atoms. The second kappa shape index (κ2) is 5.50. The molecule has 0 saturated heterocycles. The van der Waals surface area contributed by atoms with Crippen molar-refractivity contribution in [2.45, 2.75) is 0 Å². The smallest absolute Gasteiger partial charge is 0.410 e. The van der Waals surface area contributed by atoms with Gasteiger partial charge in [-0.15, -0.1) is 0 Å². The van der Waals surface area contributed by atoms with Crippen molar-refractivity contribution in [2.75, 3.05) is 19.7 Å². The Morgan fingerprint density at radius 1 is 1.41 bits per heavy atom. The Hall–Kier alpha value is -1.81. The summed E-state index contributed by atoms with van der Waals surface area (Å²) in [4.78, 5) is 13.4. The van der Waals surface area contributed by atoms with Crippen LogP contribution in [0.4, 0.5) is 4.79 Å². The molecule has 1 amide bonds. The minimum absolute atomic E-state index is 0.00655. The molecule has 1 aromatic rings. The molecule has 0 spiro atoms. The first-order chi connectivity index (χ1) is 8.29. The Morgan fingerprint density at radius 2 is 2.18 bits per heavy atom. The number of carbonyl (C=O) groups excluding carboxylic acids is 1. The molecule has 0 saturated carbocycles. The normalized spacial score (nSPS) is 19.1. The van der Waals surface area contributed by atoms with Crippen LogP contribution in [0.5, 0.6) is 5.75 Å². The van der Waals surface area contributed by atoms with Gasteiger partial charge in [0.25, 0.3) is 0 Å². The van der Waals surface area contributed by atoms with E-state index in [2.05, 4.69) is 0 Å². The average molecular weight is 233 g/mol. The number of aliphatic hydroxyl groups excluding tert-OH is 1. The Morgan fingerprint density at radius 3 is 2.88 bits per heavy atom. The SMILES string of the molecule is O=C(Oc1ccccc1)N1CC=CC(CO)C1. The highest BCUT2D eigenvalue weighted by Gasteiger charge is 2.21. The molecular weight excluding hydrogens is 218 g/mol. The summed E-state index contributed by atoms with van der Waals surface area (Å²) in [6.45, 7) is 1.08. The van der Waals surface area contributed by atoms with Gasteiger partial charge in [-0.1, -0.05) is 30.4 Å². The summed E-state index contributed by atoms with van der Waals surface area (Å²) in [5.41, 5.74) is 0. The van der Waals surface area contributed by atoms with Crippen LogP contribution < -0.4 is 4.74 Å². The van der Waals surface area contributed by atoms with Gasteiger partial charge in [0.1, 0.15) is 5.75 Å². The lowest BCUT2D eigenvalue weighted by Crippen LogP contribution is -2.40. The van der Waals surface area contributed by atoms with Crippen molar-refractivity contribution in [3.63, 3.8) is 0 Å². The van der Waals surface area contributed by atoms with Crippen LogP contribution in [0.1, 0.15) is 0 Å². The van der Waals surface area contributed by atoms with E-state index < -0.39 is 0 Å². The van der Waals surface area contributed by atoms with Gasteiger partial charge in [-0.05, 0) is 12.1 Å². The number of rotatable bonds is 2. The molecule has 4 heteroatoms. The zero-order valence-electron chi connectivity index (χ0n) is 9.45.